The van der Waals surface area contributed by atoms with Crippen LogP contribution in [0.3, 0.4) is 0 Å². The Morgan fingerprint density at radius 3 is 3.06 bits per heavy atom. The first-order valence-corrected chi connectivity index (χ1v) is 6.33. The smallest absolute Gasteiger partial charge is 0.0506 e. The number of rotatable bonds is 7. The average molecular weight is 226 g/mol. The van der Waals surface area contributed by atoms with Gasteiger partial charge in [0.05, 0.1) is 6.61 Å². The van der Waals surface area contributed by atoms with Crippen LogP contribution in [0.5, 0.6) is 0 Å². The summed E-state index contributed by atoms with van der Waals surface area (Å²) >= 11 is 0. The number of hydrogen-bond acceptors (Lipinski definition) is 3. The molecule has 1 aliphatic heterocycles. The highest BCUT2D eigenvalue weighted by atomic mass is 16.5. The van der Waals surface area contributed by atoms with Crippen LogP contribution >= 0.6 is 0 Å². The van der Waals surface area contributed by atoms with Gasteiger partial charge in [0.2, 0.25) is 0 Å². The van der Waals surface area contributed by atoms with E-state index in [1.807, 2.05) is 6.08 Å². The predicted molar refractivity (Wildman–Crippen MR) is 68.7 cm³/mol. The lowest BCUT2D eigenvalue weighted by Gasteiger charge is -2.31. The number of likely N-dealkylation sites (N-methyl/N-ethyl adjacent to an activating group) is 1. The highest BCUT2D eigenvalue weighted by Gasteiger charge is 2.18. The van der Waals surface area contributed by atoms with Crippen molar-refractivity contribution >= 4 is 0 Å². The first kappa shape index (κ1) is 13.7. The van der Waals surface area contributed by atoms with Crippen molar-refractivity contribution in [3.05, 3.63) is 12.7 Å². The van der Waals surface area contributed by atoms with Gasteiger partial charge in [-0.2, -0.15) is 0 Å². The Morgan fingerprint density at radius 1 is 1.62 bits per heavy atom. The largest absolute Gasteiger partial charge is 0.381 e. The van der Waals surface area contributed by atoms with Gasteiger partial charge in [-0.15, -0.1) is 6.58 Å². The SMILES string of the molecule is C=CCNCC(C)N(C)CC1CCCOC1. The van der Waals surface area contributed by atoms with Crippen LogP contribution in [-0.2, 0) is 4.74 Å². The van der Waals surface area contributed by atoms with Gasteiger partial charge in [0.25, 0.3) is 0 Å². The van der Waals surface area contributed by atoms with Gasteiger partial charge in [0.1, 0.15) is 0 Å². The molecular formula is C13H26N2O. The summed E-state index contributed by atoms with van der Waals surface area (Å²) in [7, 11) is 2.20. The molecular weight excluding hydrogens is 200 g/mol. The van der Waals surface area contributed by atoms with Crippen molar-refractivity contribution in [2.24, 2.45) is 5.92 Å². The van der Waals surface area contributed by atoms with E-state index in [1.165, 1.54) is 12.8 Å². The van der Waals surface area contributed by atoms with Crippen LogP contribution < -0.4 is 5.32 Å². The molecule has 1 rings (SSSR count). The third kappa shape index (κ3) is 5.10. The summed E-state index contributed by atoms with van der Waals surface area (Å²) < 4.78 is 5.51. The molecule has 0 aliphatic carbocycles. The van der Waals surface area contributed by atoms with E-state index < -0.39 is 0 Å². The molecule has 0 saturated carbocycles. The zero-order valence-electron chi connectivity index (χ0n) is 10.7. The molecule has 0 bridgehead atoms. The summed E-state index contributed by atoms with van der Waals surface area (Å²) in [6.45, 7) is 10.9. The van der Waals surface area contributed by atoms with Gasteiger partial charge >= 0.3 is 0 Å². The molecule has 1 fully saturated rings. The minimum atomic E-state index is 0.571. The highest BCUT2D eigenvalue weighted by molar-refractivity contribution is 4.75. The van der Waals surface area contributed by atoms with E-state index in [0.717, 1.165) is 38.8 Å². The molecule has 0 aromatic carbocycles. The Morgan fingerprint density at radius 2 is 2.44 bits per heavy atom. The Bertz CT molecular complexity index is 190. The molecule has 1 saturated heterocycles. The normalized spacial score (nSPS) is 23.3. The summed E-state index contributed by atoms with van der Waals surface area (Å²) in [5, 5.41) is 3.36. The lowest BCUT2D eigenvalue weighted by atomic mass is 10.0. The Labute approximate surface area is 99.8 Å². The molecule has 1 N–H and O–H groups in total. The molecule has 0 radical (unpaired) electrons. The van der Waals surface area contributed by atoms with Crippen LogP contribution in [0.2, 0.25) is 0 Å². The fraction of sp³-hybridized carbons (Fsp3) is 0.846. The van der Waals surface area contributed by atoms with Gasteiger partial charge in [-0.3, -0.25) is 0 Å². The quantitative estimate of drug-likeness (QED) is 0.526. The van der Waals surface area contributed by atoms with E-state index >= 15 is 0 Å². The molecule has 3 heteroatoms. The maximum absolute atomic E-state index is 5.51. The second kappa shape index (κ2) is 7.82. The number of ether oxygens (including phenoxy) is 1. The fourth-order valence-corrected chi connectivity index (χ4v) is 2.09. The Balaban J connectivity index is 2.16. The van der Waals surface area contributed by atoms with Crippen molar-refractivity contribution in [2.75, 3.05) is 39.9 Å². The van der Waals surface area contributed by atoms with Gasteiger partial charge in [-0.25, -0.2) is 0 Å². The molecule has 0 aromatic rings. The van der Waals surface area contributed by atoms with E-state index in [4.69, 9.17) is 4.74 Å². The average Bonchev–Trinajstić information content (AvgIpc) is 2.30. The third-order valence-corrected chi connectivity index (χ3v) is 3.28. The number of nitrogens with zero attached hydrogens (tertiary/aromatic N) is 1. The number of hydrogen-bond donors (Lipinski definition) is 1. The van der Waals surface area contributed by atoms with Crippen LogP contribution in [0.4, 0.5) is 0 Å². The van der Waals surface area contributed by atoms with Crippen LogP contribution in [0.1, 0.15) is 19.8 Å². The van der Waals surface area contributed by atoms with Crippen LogP contribution in [0.15, 0.2) is 12.7 Å². The molecule has 0 amide bonds. The molecule has 94 valence electrons. The fourth-order valence-electron chi connectivity index (χ4n) is 2.09. The van der Waals surface area contributed by atoms with Crippen molar-refractivity contribution in [3.63, 3.8) is 0 Å². The molecule has 16 heavy (non-hydrogen) atoms. The first-order valence-electron chi connectivity index (χ1n) is 6.33. The third-order valence-electron chi connectivity index (χ3n) is 3.28. The van der Waals surface area contributed by atoms with E-state index in [2.05, 4.69) is 30.8 Å². The monoisotopic (exact) mass is 226 g/mol. The molecule has 0 spiro atoms. The second-order valence-electron chi connectivity index (χ2n) is 4.82. The summed E-state index contributed by atoms with van der Waals surface area (Å²) in [4.78, 5) is 2.43. The van der Waals surface area contributed by atoms with E-state index in [1.54, 1.807) is 0 Å². The molecule has 2 unspecified atom stereocenters. The summed E-state index contributed by atoms with van der Waals surface area (Å²) in [6.07, 6.45) is 4.44. The molecule has 2 atom stereocenters. The lowest BCUT2D eigenvalue weighted by Crippen LogP contribution is -2.41. The minimum absolute atomic E-state index is 0.571. The van der Waals surface area contributed by atoms with E-state index in [0.29, 0.717) is 6.04 Å². The van der Waals surface area contributed by atoms with Gasteiger partial charge < -0.3 is 15.0 Å². The molecule has 3 nitrogen and oxygen atoms in total. The van der Waals surface area contributed by atoms with Gasteiger partial charge in [-0.1, -0.05) is 6.08 Å². The summed E-state index contributed by atoms with van der Waals surface area (Å²) in [6, 6.07) is 0.571. The standard InChI is InChI=1S/C13H26N2O/c1-4-7-14-9-12(2)15(3)10-13-6-5-8-16-11-13/h4,12-14H,1,5-11H2,2-3H3. The first-order chi connectivity index (χ1) is 7.74. The zero-order chi connectivity index (χ0) is 11.8. The van der Waals surface area contributed by atoms with Crippen LogP contribution in [-0.4, -0.2) is 50.8 Å². The summed E-state index contributed by atoms with van der Waals surface area (Å²) in [5.41, 5.74) is 0. The van der Waals surface area contributed by atoms with Crippen molar-refractivity contribution < 1.29 is 4.74 Å². The Hall–Kier alpha value is -0.380. The van der Waals surface area contributed by atoms with E-state index in [9.17, 15) is 0 Å². The molecule has 0 aromatic heterocycles. The topological polar surface area (TPSA) is 24.5 Å². The van der Waals surface area contributed by atoms with Crippen LogP contribution in [0.25, 0.3) is 0 Å². The highest BCUT2D eigenvalue weighted by Crippen LogP contribution is 2.15. The van der Waals surface area contributed by atoms with Crippen LogP contribution in [0, 0.1) is 5.92 Å². The minimum Gasteiger partial charge on any atom is -0.381 e. The van der Waals surface area contributed by atoms with Gasteiger partial charge in [0, 0.05) is 32.3 Å². The van der Waals surface area contributed by atoms with Crippen molar-refractivity contribution in [3.8, 4) is 0 Å². The molecule has 1 heterocycles. The van der Waals surface area contributed by atoms with Gasteiger partial charge in [0.15, 0.2) is 0 Å². The molecule has 1 aliphatic rings. The zero-order valence-corrected chi connectivity index (χ0v) is 10.7. The lowest BCUT2D eigenvalue weighted by molar-refractivity contribution is 0.0373. The summed E-state index contributed by atoms with van der Waals surface area (Å²) in [5.74, 6) is 0.723. The Kier molecular flexibility index (Phi) is 6.69. The second-order valence-corrected chi connectivity index (χ2v) is 4.82. The van der Waals surface area contributed by atoms with Crippen molar-refractivity contribution in [1.29, 1.82) is 0 Å². The van der Waals surface area contributed by atoms with E-state index in [-0.39, 0.29) is 0 Å². The maximum atomic E-state index is 5.51. The van der Waals surface area contributed by atoms with Crippen molar-refractivity contribution in [1.82, 2.24) is 10.2 Å². The number of nitrogens with one attached hydrogen (secondary N) is 1. The maximum Gasteiger partial charge on any atom is 0.0506 e. The van der Waals surface area contributed by atoms with Gasteiger partial charge in [-0.05, 0) is 32.7 Å². The predicted octanol–water partition coefficient (Wildman–Crippen LogP) is 1.51. The van der Waals surface area contributed by atoms with Crippen molar-refractivity contribution in [2.45, 2.75) is 25.8 Å².